The third kappa shape index (κ3) is 6.83. The summed E-state index contributed by atoms with van der Waals surface area (Å²) in [5, 5.41) is 0. The smallest absolute Gasteiger partial charge is 0.260 e. The van der Waals surface area contributed by atoms with Crippen molar-refractivity contribution in [1.82, 2.24) is 9.80 Å². The first-order valence-corrected chi connectivity index (χ1v) is 10.8. The number of ether oxygens (including phenoxy) is 2. The minimum Gasteiger partial charge on any atom is -0.497 e. The topological polar surface area (TPSA) is 76.2 Å². The van der Waals surface area contributed by atoms with Gasteiger partial charge in [-0.05, 0) is 48.7 Å². The lowest BCUT2D eigenvalue weighted by Crippen LogP contribution is -2.52. The first kappa shape index (κ1) is 23.3. The van der Waals surface area contributed by atoms with E-state index in [1.165, 1.54) is 0 Å². The van der Waals surface area contributed by atoms with Gasteiger partial charge in [-0.3, -0.25) is 9.59 Å². The summed E-state index contributed by atoms with van der Waals surface area (Å²) in [6.45, 7) is 3.56. The summed E-state index contributed by atoms with van der Waals surface area (Å²) in [6.07, 6.45) is 1.54. The number of methoxy groups -OCH3 is 1. The average Bonchev–Trinajstić information content (AvgIpc) is 2.82. The molecule has 1 saturated heterocycles. The van der Waals surface area contributed by atoms with Gasteiger partial charge in [0.25, 0.3) is 5.91 Å². The highest BCUT2D eigenvalue weighted by atomic mass is 16.5. The molecule has 7 heteroatoms. The van der Waals surface area contributed by atoms with E-state index in [0.717, 1.165) is 16.9 Å². The number of benzene rings is 2. The molecule has 3 rings (SSSR count). The zero-order valence-corrected chi connectivity index (χ0v) is 18.7. The lowest BCUT2D eigenvalue weighted by atomic mass is 10.1. The Hall–Kier alpha value is -3.35. The van der Waals surface area contributed by atoms with Crippen LogP contribution in [0.5, 0.6) is 11.5 Å². The molecule has 32 heavy (non-hydrogen) atoms. The van der Waals surface area contributed by atoms with Gasteiger partial charge in [-0.25, -0.2) is 0 Å². The first-order chi connectivity index (χ1) is 15.4. The number of aryl methyl sites for hydroxylation is 1. The second-order valence-corrected chi connectivity index (χ2v) is 7.92. The molecule has 1 heterocycles. The zero-order valence-electron chi connectivity index (χ0n) is 18.7. The van der Waals surface area contributed by atoms with Crippen molar-refractivity contribution in [3.8, 4) is 11.5 Å². The van der Waals surface area contributed by atoms with Crippen molar-refractivity contribution in [2.45, 2.75) is 26.2 Å². The summed E-state index contributed by atoms with van der Waals surface area (Å²) in [6, 6.07) is 15.0. The van der Waals surface area contributed by atoms with Crippen molar-refractivity contribution in [3.05, 3.63) is 59.7 Å². The van der Waals surface area contributed by atoms with E-state index < -0.39 is 0 Å². The van der Waals surface area contributed by atoms with E-state index in [0.29, 0.717) is 51.2 Å². The average molecular weight is 439 g/mol. The van der Waals surface area contributed by atoms with E-state index in [-0.39, 0.29) is 24.2 Å². The maximum absolute atomic E-state index is 12.6. The van der Waals surface area contributed by atoms with Crippen molar-refractivity contribution in [3.63, 3.8) is 0 Å². The maximum Gasteiger partial charge on any atom is 0.260 e. The summed E-state index contributed by atoms with van der Waals surface area (Å²) in [7, 11) is 1.60. The Morgan fingerprint density at radius 3 is 2.12 bits per heavy atom. The number of hydrogen-bond donors (Lipinski definition) is 0. The van der Waals surface area contributed by atoms with Crippen LogP contribution in [-0.4, -0.2) is 67.3 Å². The lowest BCUT2D eigenvalue weighted by Gasteiger charge is -2.34. The van der Waals surface area contributed by atoms with E-state index in [4.69, 9.17) is 9.47 Å². The van der Waals surface area contributed by atoms with E-state index in [9.17, 15) is 14.4 Å². The molecule has 2 amide bonds. The molecule has 1 aliphatic heterocycles. The number of nitrogens with zero attached hydrogens (tertiary/aromatic N) is 2. The van der Waals surface area contributed by atoms with Crippen LogP contribution in [0.25, 0.3) is 0 Å². The quantitative estimate of drug-likeness (QED) is 0.601. The van der Waals surface area contributed by atoms with Crippen LogP contribution in [0.3, 0.4) is 0 Å². The van der Waals surface area contributed by atoms with Crippen LogP contribution >= 0.6 is 0 Å². The molecule has 2 aromatic rings. The van der Waals surface area contributed by atoms with Crippen LogP contribution in [0.15, 0.2) is 48.5 Å². The molecule has 0 atom stereocenters. The number of Topliss-reactive ketones (excluding diaryl/α,β-unsaturated/α-hetero) is 1. The Bertz CT molecular complexity index is 934. The number of ketones is 1. The van der Waals surface area contributed by atoms with E-state index >= 15 is 0 Å². The molecule has 2 aromatic carbocycles. The summed E-state index contributed by atoms with van der Waals surface area (Å²) in [5.74, 6) is 1.48. The second kappa shape index (κ2) is 11.3. The van der Waals surface area contributed by atoms with Gasteiger partial charge >= 0.3 is 0 Å². The van der Waals surface area contributed by atoms with Gasteiger partial charge in [0.1, 0.15) is 17.3 Å². The molecule has 0 saturated carbocycles. The van der Waals surface area contributed by atoms with Gasteiger partial charge in [-0.15, -0.1) is 0 Å². The highest BCUT2D eigenvalue weighted by Crippen LogP contribution is 2.16. The van der Waals surface area contributed by atoms with Crippen LogP contribution in [-0.2, 0) is 27.2 Å². The molecular formula is C25H30N2O5. The van der Waals surface area contributed by atoms with Gasteiger partial charge in [0.15, 0.2) is 6.61 Å². The fourth-order valence-corrected chi connectivity index (χ4v) is 3.58. The minimum absolute atomic E-state index is 0.0372. The number of hydrogen-bond acceptors (Lipinski definition) is 5. The maximum atomic E-state index is 12.6. The standard InChI is InChI=1S/C25H30N2O5/c1-19(28)6-7-20-8-10-22(11-9-20)32-18-25(30)27-14-12-26(13-15-27)24(29)17-21-4-3-5-23(16-21)31-2/h3-5,8-11,16H,6-7,12-15,17-18H2,1-2H3. The summed E-state index contributed by atoms with van der Waals surface area (Å²) in [4.78, 5) is 39.7. The first-order valence-electron chi connectivity index (χ1n) is 10.8. The van der Waals surface area contributed by atoms with E-state index in [1.54, 1.807) is 23.8 Å². The van der Waals surface area contributed by atoms with Crippen molar-refractivity contribution >= 4 is 17.6 Å². The molecule has 0 aromatic heterocycles. The summed E-state index contributed by atoms with van der Waals surface area (Å²) >= 11 is 0. The number of carbonyl (C=O) groups is 3. The summed E-state index contributed by atoms with van der Waals surface area (Å²) in [5.41, 5.74) is 1.97. The van der Waals surface area contributed by atoms with Gasteiger partial charge in [0.2, 0.25) is 5.91 Å². The lowest BCUT2D eigenvalue weighted by molar-refractivity contribution is -0.140. The predicted molar refractivity (Wildman–Crippen MR) is 121 cm³/mol. The van der Waals surface area contributed by atoms with Gasteiger partial charge in [-0.2, -0.15) is 0 Å². The number of amides is 2. The van der Waals surface area contributed by atoms with Crippen LogP contribution in [0.2, 0.25) is 0 Å². The molecule has 0 aliphatic carbocycles. The highest BCUT2D eigenvalue weighted by Gasteiger charge is 2.24. The van der Waals surface area contributed by atoms with E-state index in [1.807, 2.05) is 48.5 Å². The molecular weight excluding hydrogens is 408 g/mol. The van der Waals surface area contributed by atoms with Gasteiger partial charge in [0, 0.05) is 32.6 Å². The normalized spacial score (nSPS) is 13.6. The van der Waals surface area contributed by atoms with Gasteiger partial charge in [0.05, 0.1) is 13.5 Å². The molecule has 1 fully saturated rings. The molecule has 0 N–H and O–H groups in total. The molecule has 1 aliphatic rings. The molecule has 0 spiro atoms. The monoisotopic (exact) mass is 438 g/mol. The van der Waals surface area contributed by atoms with Crippen LogP contribution in [0.1, 0.15) is 24.5 Å². The fraction of sp³-hybridized carbons (Fsp3) is 0.400. The number of piperazine rings is 1. The molecule has 0 radical (unpaired) electrons. The van der Waals surface area contributed by atoms with Crippen molar-refractivity contribution in [2.24, 2.45) is 0 Å². The van der Waals surface area contributed by atoms with Crippen molar-refractivity contribution in [1.29, 1.82) is 0 Å². The predicted octanol–water partition coefficient (Wildman–Crippen LogP) is 2.51. The van der Waals surface area contributed by atoms with Gasteiger partial charge < -0.3 is 24.1 Å². The Labute approximate surface area is 188 Å². The summed E-state index contributed by atoms with van der Waals surface area (Å²) < 4.78 is 10.8. The number of carbonyl (C=O) groups excluding carboxylic acids is 3. The SMILES string of the molecule is COc1cccc(CC(=O)N2CCN(C(=O)COc3ccc(CCC(C)=O)cc3)CC2)c1. The van der Waals surface area contributed by atoms with E-state index in [2.05, 4.69) is 0 Å². The van der Waals surface area contributed by atoms with Crippen LogP contribution in [0, 0.1) is 0 Å². The molecule has 170 valence electrons. The minimum atomic E-state index is -0.0921. The highest BCUT2D eigenvalue weighted by molar-refractivity contribution is 5.80. The second-order valence-electron chi connectivity index (χ2n) is 7.92. The Morgan fingerprint density at radius 1 is 0.844 bits per heavy atom. The van der Waals surface area contributed by atoms with Gasteiger partial charge in [-0.1, -0.05) is 24.3 Å². The van der Waals surface area contributed by atoms with Crippen LogP contribution in [0.4, 0.5) is 0 Å². The fourth-order valence-electron chi connectivity index (χ4n) is 3.58. The Morgan fingerprint density at radius 2 is 1.50 bits per heavy atom. The van der Waals surface area contributed by atoms with Crippen molar-refractivity contribution in [2.75, 3.05) is 39.9 Å². The Kier molecular flexibility index (Phi) is 8.25. The third-order valence-electron chi connectivity index (χ3n) is 5.53. The zero-order chi connectivity index (χ0) is 22.9. The van der Waals surface area contributed by atoms with Crippen molar-refractivity contribution < 1.29 is 23.9 Å². The third-order valence-corrected chi connectivity index (χ3v) is 5.53. The molecule has 0 unspecified atom stereocenters. The molecule has 0 bridgehead atoms. The van der Waals surface area contributed by atoms with Crippen LogP contribution < -0.4 is 9.47 Å². The number of rotatable bonds is 9. The largest absolute Gasteiger partial charge is 0.497 e. The molecule has 7 nitrogen and oxygen atoms in total. The Balaban J connectivity index is 1.41.